The van der Waals surface area contributed by atoms with Crippen molar-refractivity contribution >= 4 is 67.8 Å². The molecule has 0 saturated heterocycles. The van der Waals surface area contributed by atoms with Gasteiger partial charge in [-0.05, 0) is 143 Å². The summed E-state index contributed by atoms with van der Waals surface area (Å²) in [6.07, 6.45) is 15.7. The Morgan fingerprint density at radius 3 is 1.66 bits per heavy atom. The highest BCUT2D eigenvalue weighted by molar-refractivity contribution is 8.13. The van der Waals surface area contributed by atoms with Gasteiger partial charge in [-0.2, -0.15) is 0 Å². The van der Waals surface area contributed by atoms with Crippen molar-refractivity contribution in [3.05, 3.63) is 283 Å². The molecule has 8 aromatic carbocycles. The van der Waals surface area contributed by atoms with Crippen molar-refractivity contribution in [2.24, 2.45) is 4.99 Å². The van der Waals surface area contributed by atoms with Crippen LogP contribution in [-0.4, -0.2) is 5.04 Å². The molecule has 338 valence electrons. The molecule has 0 bridgehead atoms. The average Bonchev–Trinajstić information content (AvgIpc) is 3.69. The number of rotatable bonds is 12. The van der Waals surface area contributed by atoms with Gasteiger partial charge in [0.2, 0.25) is 0 Å². The van der Waals surface area contributed by atoms with Crippen LogP contribution < -0.4 is 9.80 Å². The van der Waals surface area contributed by atoms with Crippen LogP contribution in [0.5, 0.6) is 0 Å². The zero-order valence-electron chi connectivity index (χ0n) is 39.1. The van der Waals surface area contributed by atoms with E-state index < -0.39 is 0 Å². The second-order valence-electron chi connectivity index (χ2n) is 17.4. The fourth-order valence-corrected chi connectivity index (χ4v) is 10.6. The van der Waals surface area contributed by atoms with Gasteiger partial charge in [0.15, 0.2) is 0 Å². The first-order valence-corrected chi connectivity index (χ1v) is 24.8. The highest BCUT2D eigenvalue weighted by atomic mass is 32.2. The molecule has 70 heavy (non-hydrogen) atoms. The van der Waals surface area contributed by atoms with Crippen molar-refractivity contribution in [1.29, 1.82) is 0 Å². The van der Waals surface area contributed by atoms with E-state index in [1.807, 2.05) is 0 Å². The molecule has 0 spiro atoms. The molecule has 3 aliphatic rings. The van der Waals surface area contributed by atoms with Gasteiger partial charge in [-0.3, -0.25) is 0 Å². The van der Waals surface area contributed by atoms with Gasteiger partial charge in [-0.1, -0.05) is 164 Å². The summed E-state index contributed by atoms with van der Waals surface area (Å²) in [6.45, 7) is 7.22. The number of hydrogen-bond acceptors (Lipinski definition) is 5. The number of allylic oxidation sites excluding steroid dienone is 9. The number of ether oxygens (including phenoxy) is 1. The Balaban J connectivity index is 0.957. The van der Waals surface area contributed by atoms with E-state index in [1.54, 1.807) is 11.8 Å². The minimum atomic E-state index is 0.572. The maximum Gasteiger partial charge on any atom is 0.123 e. The quantitative estimate of drug-likeness (QED) is 0.114. The van der Waals surface area contributed by atoms with Crippen molar-refractivity contribution in [2.45, 2.75) is 25.7 Å². The molecule has 2 aliphatic heterocycles. The van der Waals surface area contributed by atoms with Crippen LogP contribution in [0.25, 0.3) is 33.4 Å². The predicted octanol–water partition coefficient (Wildman–Crippen LogP) is 18.2. The highest BCUT2D eigenvalue weighted by Gasteiger charge is 2.24. The number of hydrogen-bond donors (Lipinski definition) is 0. The van der Waals surface area contributed by atoms with Crippen molar-refractivity contribution in [1.82, 2.24) is 0 Å². The zero-order valence-corrected chi connectivity index (χ0v) is 39.9. The first-order chi connectivity index (χ1) is 34.6. The topological polar surface area (TPSA) is 28.1 Å². The Kier molecular flexibility index (Phi) is 12.7. The van der Waals surface area contributed by atoms with E-state index in [2.05, 4.69) is 266 Å². The van der Waals surface area contributed by atoms with E-state index in [1.165, 1.54) is 27.8 Å². The summed E-state index contributed by atoms with van der Waals surface area (Å²) in [5, 5.41) is 0.986. The van der Waals surface area contributed by atoms with Gasteiger partial charge in [0.25, 0.3) is 0 Å². The molecule has 0 amide bonds. The standard InChI is InChI=1S/C65H51N3OS/c1-3-47(30-29-46(2)50-31-32-51-44-69-63-28-18-8-17-27-60(63)61(51)43-50)65-66-64-59(49-35-39-57(40-36-49)68(54-23-13-6-14-24-54)55-25-15-7-16-26-55)42-41-58(62(64)45-70-65)48-33-37-56(38-34-48)67(52-19-9-4-10-20-52)53-21-11-5-12-22-53/h3-26,28-43H,2,27,44-45H2,1H3/b30-29-,47-3+. The van der Waals surface area contributed by atoms with E-state index in [0.29, 0.717) is 6.61 Å². The lowest BCUT2D eigenvalue weighted by molar-refractivity contribution is 0.207. The smallest absolute Gasteiger partial charge is 0.123 e. The number of fused-ring (bicyclic) bond motifs is 3. The minimum Gasteiger partial charge on any atom is -0.489 e. The lowest BCUT2D eigenvalue weighted by atomic mass is 9.91. The monoisotopic (exact) mass is 921 g/mol. The van der Waals surface area contributed by atoms with Gasteiger partial charge >= 0.3 is 0 Å². The zero-order chi connectivity index (χ0) is 47.2. The Bertz CT molecular complexity index is 3310. The molecule has 2 heterocycles. The molecule has 0 saturated carbocycles. The van der Waals surface area contributed by atoms with E-state index >= 15 is 0 Å². The summed E-state index contributed by atoms with van der Waals surface area (Å²) in [4.78, 5) is 10.2. The Labute approximate surface area is 416 Å². The molecule has 0 radical (unpaired) electrons. The summed E-state index contributed by atoms with van der Waals surface area (Å²) in [6, 6.07) is 71.3. The Morgan fingerprint density at radius 1 is 0.571 bits per heavy atom. The number of aliphatic imine (C=N–C) groups is 1. The first-order valence-electron chi connectivity index (χ1n) is 23.8. The van der Waals surface area contributed by atoms with E-state index in [4.69, 9.17) is 9.73 Å². The maximum atomic E-state index is 6.12. The van der Waals surface area contributed by atoms with Gasteiger partial charge in [0.05, 0.1) is 5.69 Å². The molecular weight excluding hydrogens is 871 g/mol. The molecule has 1 aliphatic carbocycles. The molecule has 5 heteroatoms. The maximum absolute atomic E-state index is 6.12. The first kappa shape index (κ1) is 44.1. The van der Waals surface area contributed by atoms with Crippen LogP contribution >= 0.6 is 11.8 Å². The molecule has 0 unspecified atom stereocenters. The molecular formula is C65H51N3OS. The second kappa shape index (κ2) is 20.1. The number of nitrogens with zero attached hydrogens (tertiary/aromatic N) is 3. The number of thioether (sulfide) groups is 1. The number of benzene rings is 8. The van der Waals surface area contributed by atoms with Gasteiger partial charge in [-0.25, -0.2) is 4.99 Å². The molecule has 8 aromatic rings. The largest absolute Gasteiger partial charge is 0.489 e. The highest BCUT2D eigenvalue weighted by Crippen LogP contribution is 2.47. The van der Waals surface area contributed by atoms with Gasteiger partial charge < -0.3 is 14.5 Å². The van der Waals surface area contributed by atoms with E-state index in [9.17, 15) is 0 Å². The van der Waals surface area contributed by atoms with Crippen LogP contribution in [0.3, 0.4) is 0 Å². The van der Waals surface area contributed by atoms with Crippen LogP contribution in [0.15, 0.2) is 266 Å². The number of para-hydroxylation sites is 4. The lowest BCUT2D eigenvalue weighted by Gasteiger charge is -2.26. The predicted molar refractivity (Wildman–Crippen MR) is 298 cm³/mol. The fraction of sp³-hybridized carbons (Fsp3) is 0.0615. The average molecular weight is 922 g/mol. The third kappa shape index (κ3) is 9.03. The second-order valence-corrected chi connectivity index (χ2v) is 18.4. The number of anilines is 6. The Hall–Kier alpha value is -8.38. The van der Waals surface area contributed by atoms with Gasteiger partial charge in [-0.15, -0.1) is 11.8 Å². The molecule has 0 fully saturated rings. The van der Waals surface area contributed by atoms with Crippen LogP contribution in [0.2, 0.25) is 0 Å². The molecule has 0 aromatic heterocycles. The van der Waals surface area contributed by atoms with Crippen molar-refractivity contribution in [2.75, 3.05) is 9.80 Å². The van der Waals surface area contributed by atoms with Crippen LogP contribution in [0, 0.1) is 0 Å². The van der Waals surface area contributed by atoms with Gasteiger partial charge in [0.1, 0.15) is 17.4 Å². The minimum absolute atomic E-state index is 0.572. The normalized spacial score (nSPS) is 14.0. The molecule has 0 atom stereocenters. The molecule has 4 nitrogen and oxygen atoms in total. The SMILES string of the molecule is C=C(/C=C\C(=C/C)C1=Nc2c(-c3ccc(N(c4ccccc4)c4ccccc4)cc3)ccc(-c3ccc(N(c4ccccc4)c4ccccc4)cc3)c2CS1)c1ccc2c(c1)C1=C(C=CC=CC1)OC2. The lowest BCUT2D eigenvalue weighted by Crippen LogP contribution is -2.09. The van der Waals surface area contributed by atoms with Crippen molar-refractivity contribution < 1.29 is 4.74 Å². The third-order valence-corrected chi connectivity index (χ3v) is 14.1. The Morgan fingerprint density at radius 2 is 1.10 bits per heavy atom. The molecule has 0 N–H and O–H groups in total. The fourth-order valence-electron chi connectivity index (χ4n) is 9.52. The third-order valence-electron chi connectivity index (χ3n) is 13.1. The van der Waals surface area contributed by atoms with E-state index in [0.717, 1.165) is 96.2 Å². The summed E-state index contributed by atoms with van der Waals surface area (Å²) in [5.74, 6) is 1.72. The summed E-state index contributed by atoms with van der Waals surface area (Å²) < 4.78 is 6.12. The van der Waals surface area contributed by atoms with Crippen molar-refractivity contribution in [3.63, 3.8) is 0 Å². The van der Waals surface area contributed by atoms with Crippen LogP contribution in [0.4, 0.5) is 39.8 Å². The van der Waals surface area contributed by atoms with Crippen molar-refractivity contribution in [3.8, 4) is 22.3 Å². The van der Waals surface area contributed by atoms with Crippen LogP contribution in [-0.2, 0) is 17.1 Å². The van der Waals surface area contributed by atoms with Crippen LogP contribution in [0.1, 0.15) is 35.6 Å². The molecule has 11 rings (SSSR count). The van der Waals surface area contributed by atoms with E-state index in [-0.39, 0.29) is 0 Å². The summed E-state index contributed by atoms with van der Waals surface area (Å²) in [7, 11) is 0. The summed E-state index contributed by atoms with van der Waals surface area (Å²) >= 11 is 1.79. The van der Waals surface area contributed by atoms with Gasteiger partial charge in [0, 0.05) is 56.6 Å². The summed E-state index contributed by atoms with van der Waals surface area (Å²) in [5.41, 5.74) is 20.1.